The van der Waals surface area contributed by atoms with E-state index in [0.717, 1.165) is 25.8 Å². The van der Waals surface area contributed by atoms with Crippen LogP contribution in [0.3, 0.4) is 0 Å². The standard InChI is InChI=1S/C13H14ClN3O3/c14-8-4-5-10(17(19)20)9(7-8)12-15-13(18)11-3-1-2-6-16(11)12/h4-5,7,11-12H,1-3,6H2,(H,15,18)/t11-,12-/m1/s1. The van der Waals surface area contributed by atoms with Crippen LogP contribution in [0.15, 0.2) is 18.2 Å². The number of carbonyl (C=O) groups excluding carboxylic acids is 1. The van der Waals surface area contributed by atoms with Crippen LogP contribution in [0.25, 0.3) is 0 Å². The summed E-state index contributed by atoms with van der Waals surface area (Å²) in [6.45, 7) is 0.762. The monoisotopic (exact) mass is 295 g/mol. The molecule has 3 rings (SSSR count). The third kappa shape index (κ3) is 2.14. The number of rotatable bonds is 2. The molecule has 0 unspecified atom stereocenters. The molecule has 0 aliphatic carbocycles. The second-order valence-corrected chi connectivity index (χ2v) is 5.56. The molecular weight excluding hydrogens is 282 g/mol. The van der Waals surface area contributed by atoms with Crippen molar-refractivity contribution in [3.8, 4) is 0 Å². The Kier molecular flexibility index (Phi) is 3.35. The lowest BCUT2D eigenvalue weighted by atomic mass is 10.0. The van der Waals surface area contributed by atoms with Crippen molar-refractivity contribution in [3.63, 3.8) is 0 Å². The van der Waals surface area contributed by atoms with E-state index in [0.29, 0.717) is 10.6 Å². The number of nitro benzene ring substituents is 1. The molecule has 6 nitrogen and oxygen atoms in total. The number of hydrogen-bond acceptors (Lipinski definition) is 4. The summed E-state index contributed by atoms with van der Waals surface area (Å²) < 4.78 is 0. The van der Waals surface area contributed by atoms with Gasteiger partial charge in [-0.25, -0.2) is 0 Å². The zero-order valence-corrected chi connectivity index (χ0v) is 11.5. The fraction of sp³-hybridized carbons (Fsp3) is 0.462. The molecule has 0 spiro atoms. The lowest BCUT2D eigenvalue weighted by Gasteiger charge is -2.31. The molecule has 0 radical (unpaired) electrons. The van der Waals surface area contributed by atoms with E-state index in [4.69, 9.17) is 11.6 Å². The lowest BCUT2D eigenvalue weighted by molar-refractivity contribution is -0.386. The number of hydrogen-bond donors (Lipinski definition) is 1. The molecule has 2 fully saturated rings. The summed E-state index contributed by atoms with van der Waals surface area (Å²) in [5.74, 6) is -0.0519. The second kappa shape index (κ2) is 5.03. The van der Waals surface area contributed by atoms with Crippen molar-refractivity contribution in [1.82, 2.24) is 10.2 Å². The molecule has 2 saturated heterocycles. The van der Waals surface area contributed by atoms with Gasteiger partial charge in [-0.3, -0.25) is 19.8 Å². The molecule has 0 aromatic heterocycles. The Morgan fingerprint density at radius 1 is 1.40 bits per heavy atom. The first-order valence-corrected chi connectivity index (χ1v) is 6.95. The molecule has 1 aromatic carbocycles. The van der Waals surface area contributed by atoms with E-state index in [-0.39, 0.29) is 17.6 Å². The van der Waals surface area contributed by atoms with Gasteiger partial charge in [-0.05, 0) is 25.0 Å². The van der Waals surface area contributed by atoms with Crippen LogP contribution in [0, 0.1) is 10.1 Å². The Bertz CT molecular complexity index is 578. The quantitative estimate of drug-likeness (QED) is 0.670. The molecular formula is C13H14ClN3O3. The number of nitro groups is 1. The predicted octanol–water partition coefficient (Wildman–Crippen LogP) is 2.23. The molecule has 2 aliphatic rings. The second-order valence-electron chi connectivity index (χ2n) is 5.12. The van der Waals surface area contributed by atoms with E-state index < -0.39 is 11.1 Å². The number of carbonyl (C=O) groups is 1. The summed E-state index contributed by atoms with van der Waals surface area (Å²) in [7, 11) is 0. The normalized spacial score (nSPS) is 26.1. The first-order chi connectivity index (χ1) is 9.58. The zero-order valence-electron chi connectivity index (χ0n) is 10.7. The third-order valence-electron chi connectivity index (χ3n) is 3.94. The van der Waals surface area contributed by atoms with Gasteiger partial charge in [0.15, 0.2) is 0 Å². The average Bonchev–Trinajstić information content (AvgIpc) is 2.76. The van der Waals surface area contributed by atoms with Gasteiger partial charge in [0, 0.05) is 17.6 Å². The summed E-state index contributed by atoms with van der Waals surface area (Å²) in [6, 6.07) is 4.28. The van der Waals surface area contributed by atoms with E-state index in [2.05, 4.69) is 5.32 Å². The maximum Gasteiger partial charge on any atom is 0.276 e. The molecule has 0 saturated carbocycles. The number of benzene rings is 1. The van der Waals surface area contributed by atoms with Crippen molar-refractivity contribution in [2.75, 3.05) is 6.54 Å². The van der Waals surface area contributed by atoms with Gasteiger partial charge in [-0.1, -0.05) is 18.0 Å². The minimum absolute atomic E-state index is 0.00840. The lowest BCUT2D eigenvalue weighted by Crippen LogP contribution is -2.38. The van der Waals surface area contributed by atoms with Gasteiger partial charge in [-0.15, -0.1) is 0 Å². The van der Waals surface area contributed by atoms with Crippen LogP contribution in [0.1, 0.15) is 31.0 Å². The topological polar surface area (TPSA) is 75.5 Å². The summed E-state index contributed by atoms with van der Waals surface area (Å²) in [5.41, 5.74) is 0.450. The fourth-order valence-corrected chi connectivity index (χ4v) is 3.21. The van der Waals surface area contributed by atoms with E-state index in [1.165, 1.54) is 12.1 Å². The molecule has 2 aliphatic heterocycles. The highest BCUT2D eigenvalue weighted by Crippen LogP contribution is 2.37. The van der Waals surface area contributed by atoms with E-state index in [9.17, 15) is 14.9 Å². The molecule has 0 bridgehead atoms. The summed E-state index contributed by atoms with van der Waals surface area (Å²) in [4.78, 5) is 24.7. The molecule has 1 aromatic rings. The van der Waals surface area contributed by atoms with Crippen molar-refractivity contribution < 1.29 is 9.72 Å². The van der Waals surface area contributed by atoms with Crippen LogP contribution < -0.4 is 5.32 Å². The maximum absolute atomic E-state index is 12.0. The molecule has 1 N–H and O–H groups in total. The van der Waals surface area contributed by atoms with Crippen LogP contribution in [-0.4, -0.2) is 28.3 Å². The zero-order chi connectivity index (χ0) is 14.3. The number of nitrogens with one attached hydrogen (secondary N) is 1. The Labute approximate surface area is 120 Å². The van der Waals surface area contributed by atoms with Gasteiger partial charge in [0.1, 0.15) is 6.17 Å². The van der Waals surface area contributed by atoms with Crippen LogP contribution in [0.4, 0.5) is 5.69 Å². The molecule has 20 heavy (non-hydrogen) atoms. The summed E-state index contributed by atoms with van der Waals surface area (Å²) in [5, 5.41) is 14.5. The smallest absolute Gasteiger partial charge is 0.276 e. The largest absolute Gasteiger partial charge is 0.335 e. The molecule has 106 valence electrons. The van der Waals surface area contributed by atoms with Crippen molar-refractivity contribution in [3.05, 3.63) is 38.9 Å². The minimum atomic E-state index is -0.452. The minimum Gasteiger partial charge on any atom is -0.335 e. The Hall–Kier alpha value is -1.66. The van der Waals surface area contributed by atoms with Gasteiger partial charge in [-0.2, -0.15) is 0 Å². The number of amides is 1. The van der Waals surface area contributed by atoms with Crippen molar-refractivity contribution >= 4 is 23.2 Å². The van der Waals surface area contributed by atoms with Gasteiger partial charge in [0.05, 0.1) is 16.5 Å². The number of nitrogens with zero attached hydrogens (tertiary/aromatic N) is 2. The average molecular weight is 296 g/mol. The highest BCUT2D eigenvalue weighted by Gasteiger charge is 2.43. The van der Waals surface area contributed by atoms with Crippen LogP contribution >= 0.6 is 11.6 Å². The maximum atomic E-state index is 12.0. The van der Waals surface area contributed by atoms with Crippen molar-refractivity contribution in [1.29, 1.82) is 0 Å². The van der Waals surface area contributed by atoms with Crippen molar-refractivity contribution in [2.45, 2.75) is 31.5 Å². The number of piperidine rings is 1. The first kappa shape index (κ1) is 13.3. The van der Waals surface area contributed by atoms with E-state index in [1.54, 1.807) is 6.07 Å². The van der Waals surface area contributed by atoms with Crippen LogP contribution in [0.2, 0.25) is 5.02 Å². The van der Waals surface area contributed by atoms with Crippen LogP contribution in [-0.2, 0) is 4.79 Å². The highest BCUT2D eigenvalue weighted by molar-refractivity contribution is 6.30. The van der Waals surface area contributed by atoms with Crippen molar-refractivity contribution in [2.24, 2.45) is 0 Å². The molecule has 2 heterocycles. The van der Waals surface area contributed by atoms with E-state index >= 15 is 0 Å². The Morgan fingerprint density at radius 2 is 2.20 bits per heavy atom. The van der Waals surface area contributed by atoms with Gasteiger partial charge < -0.3 is 5.32 Å². The predicted molar refractivity (Wildman–Crippen MR) is 73.3 cm³/mol. The van der Waals surface area contributed by atoms with Gasteiger partial charge in [0.2, 0.25) is 5.91 Å². The summed E-state index contributed by atoms with van der Waals surface area (Å²) in [6.07, 6.45) is 2.36. The molecule has 2 atom stereocenters. The summed E-state index contributed by atoms with van der Waals surface area (Å²) >= 11 is 5.96. The SMILES string of the molecule is O=C1N[C@@H](c2cc(Cl)ccc2[N+](=O)[O-])N2CCCC[C@H]12. The fourth-order valence-electron chi connectivity index (χ4n) is 3.03. The van der Waals surface area contributed by atoms with Crippen LogP contribution in [0.5, 0.6) is 0 Å². The Balaban J connectivity index is 2.02. The molecule has 1 amide bonds. The van der Waals surface area contributed by atoms with Gasteiger partial charge >= 0.3 is 0 Å². The third-order valence-corrected chi connectivity index (χ3v) is 4.17. The Morgan fingerprint density at radius 3 is 2.95 bits per heavy atom. The first-order valence-electron chi connectivity index (χ1n) is 6.58. The molecule has 7 heteroatoms. The number of halogens is 1. The van der Waals surface area contributed by atoms with Gasteiger partial charge in [0.25, 0.3) is 5.69 Å². The van der Waals surface area contributed by atoms with E-state index in [1.807, 2.05) is 4.90 Å². The highest BCUT2D eigenvalue weighted by atomic mass is 35.5. The number of fused-ring (bicyclic) bond motifs is 1.